The highest BCUT2D eigenvalue weighted by atomic mass is 19.1. The Kier molecular flexibility index (Phi) is 8.54. The molecule has 0 spiro atoms. The first-order chi connectivity index (χ1) is 16.6. The van der Waals surface area contributed by atoms with Crippen LogP contribution in [0.3, 0.4) is 0 Å². The van der Waals surface area contributed by atoms with E-state index < -0.39 is 49.3 Å². The molecular weight excluding hydrogens is 467 g/mol. The number of aliphatic hydroxyl groups excluding tert-OH is 3. The van der Waals surface area contributed by atoms with Crippen LogP contribution in [0.15, 0.2) is 18.2 Å². The Balaban J connectivity index is 1.88. The fourth-order valence-electron chi connectivity index (χ4n) is 3.82. The Hall–Kier alpha value is -2.93. The van der Waals surface area contributed by atoms with E-state index in [0.717, 1.165) is 12.8 Å². The van der Waals surface area contributed by atoms with E-state index in [4.69, 9.17) is 18.9 Å². The molecule has 0 bridgehead atoms. The van der Waals surface area contributed by atoms with Crippen LogP contribution < -0.4 is 9.47 Å². The third kappa shape index (κ3) is 5.84. The summed E-state index contributed by atoms with van der Waals surface area (Å²) in [7, 11) is 2.50. The van der Waals surface area contributed by atoms with Crippen molar-refractivity contribution < 1.29 is 48.2 Å². The summed E-state index contributed by atoms with van der Waals surface area (Å²) in [5.74, 6) is -0.294. The molecule has 3 rings (SSSR count). The minimum Gasteiger partial charge on any atom is -0.494 e. The van der Waals surface area contributed by atoms with Crippen molar-refractivity contribution in [2.24, 2.45) is 0 Å². The molecule has 1 aromatic heterocycles. The molecule has 0 amide bonds. The van der Waals surface area contributed by atoms with Crippen LogP contribution >= 0.6 is 0 Å². The molecule has 1 saturated heterocycles. The third-order valence-corrected chi connectivity index (χ3v) is 5.75. The standard InChI is InChI=1S/C23H31FN2O9/c1-11(2)26-12(3)14(8-13-6-7-16(31-4)15(24)9-13)21(25-26)35-22-20(29)19(28)18(27)17(34-22)10-33-23(30)32-5/h6-7,9,11,17-20,22,27-29H,8,10H2,1-5H3/t17?,18-,19+,20-,22+/m1/s1. The predicted octanol–water partition coefficient (Wildman–Crippen LogP) is 1.48. The lowest BCUT2D eigenvalue weighted by molar-refractivity contribution is -0.278. The summed E-state index contributed by atoms with van der Waals surface area (Å²) in [5.41, 5.74) is 1.99. The zero-order chi connectivity index (χ0) is 25.9. The second-order valence-electron chi connectivity index (χ2n) is 8.45. The highest BCUT2D eigenvalue weighted by Gasteiger charge is 2.46. The number of hydrogen-bond acceptors (Lipinski definition) is 10. The number of halogens is 1. The van der Waals surface area contributed by atoms with Crippen molar-refractivity contribution in [1.82, 2.24) is 9.78 Å². The lowest BCUT2D eigenvalue weighted by Crippen LogP contribution is -2.60. The van der Waals surface area contributed by atoms with Gasteiger partial charge in [0, 0.05) is 23.7 Å². The number of nitrogens with zero attached hydrogens (tertiary/aromatic N) is 2. The Labute approximate surface area is 201 Å². The summed E-state index contributed by atoms with van der Waals surface area (Å²) >= 11 is 0. The maximum Gasteiger partial charge on any atom is 0.508 e. The van der Waals surface area contributed by atoms with Crippen LogP contribution in [0.4, 0.5) is 9.18 Å². The first-order valence-corrected chi connectivity index (χ1v) is 11.0. The van der Waals surface area contributed by atoms with Crippen molar-refractivity contribution in [3.05, 3.63) is 40.8 Å². The average molecular weight is 499 g/mol. The molecule has 1 aliphatic heterocycles. The number of rotatable bonds is 8. The van der Waals surface area contributed by atoms with Crippen LogP contribution in [0.1, 0.15) is 36.7 Å². The molecule has 11 nitrogen and oxygen atoms in total. The highest BCUT2D eigenvalue weighted by molar-refractivity contribution is 5.59. The van der Waals surface area contributed by atoms with Gasteiger partial charge in [0.25, 0.3) is 0 Å². The van der Waals surface area contributed by atoms with Gasteiger partial charge in [-0.05, 0) is 38.5 Å². The zero-order valence-electron chi connectivity index (χ0n) is 20.2. The second-order valence-corrected chi connectivity index (χ2v) is 8.45. The molecule has 1 aromatic carbocycles. The van der Waals surface area contributed by atoms with Crippen LogP contribution in [-0.4, -0.2) is 82.8 Å². The summed E-state index contributed by atoms with van der Waals surface area (Å²) in [6.45, 7) is 5.23. The summed E-state index contributed by atoms with van der Waals surface area (Å²) in [6.07, 6.45) is -8.23. The monoisotopic (exact) mass is 498 g/mol. The van der Waals surface area contributed by atoms with E-state index in [9.17, 15) is 24.5 Å². The van der Waals surface area contributed by atoms with Gasteiger partial charge in [-0.1, -0.05) is 6.07 Å². The van der Waals surface area contributed by atoms with Gasteiger partial charge in [0.1, 0.15) is 31.0 Å². The normalized spacial score (nSPS) is 24.3. The number of aliphatic hydroxyl groups is 3. The van der Waals surface area contributed by atoms with E-state index in [2.05, 4.69) is 9.84 Å². The molecule has 3 N–H and O–H groups in total. The SMILES string of the molecule is COC(=O)OCC1O[C@@H](Oc2nn(C(C)C)c(C)c2Cc2ccc(OC)c(F)c2)[C@H](O)[C@@H](O)[C@@H]1O. The minimum atomic E-state index is -1.65. The fourth-order valence-corrected chi connectivity index (χ4v) is 3.82. The Bertz CT molecular complexity index is 1030. The molecule has 12 heteroatoms. The first kappa shape index (κ1) is 26.7. The van der Waals surface area contributed by atoms with Gasteiger partial charge < -0.3 is 39.0 Å². The lowest BCUT2D eigenvalue weighted by atomic mass is 9.99. The molecule has 5 atom stereocenters. The fraction of sp³-hybridized carbons (Fsp3) is 0.565. The van der Waals surface area contributed by atoms with Crippen LogP contribution in [0.25, 0.3) is 0 Å². The number of benzene rings is 1. The molecule has 0 aliphatic carbocycles. The lowest BCUT2D eigenvalue weighted by Gasteiger charge is -2.39. The van der Waals surface area contributed by atoms with Crippen molar-refractivity contribution in [2.45, 2.75) is 63.9 Å². The van der Waals surface area contributed by atoms with Crippen molar-refractivity contribution in [3.8, 4) is 11.6 Å². The Morgan fingerprint density at radius 3 is 2.51 bits per heavy atom. The summed E-state index contributed by atoms with van der Waals surface area (Å²) in [6, 6.07) is 4.54. The maximum absolute atomic E-state index is 14.3. The van der Waals surface area contributed by atoms with E-state index in [1.54, 1.807) is 10.7 Å². The molecule has 35 heavy (non-hydrogen) atoms. The molecule has 0 radical (unpaired) electrons. The van der Waals surface area contributed by atoms with Gasteiger partial charge in [-0.3, -0.25) is 4.68 Å². The van der Waals surface area contributed by atoms with E-state index >= 15 is 0 Å². The van der Waals surface area contributed by atoms with Gasteiger partial charge >= 0.3 is 6.16 Å². The maximum atomic E-state index is 14.3. The van der Waals surface area contributed by atoms with Gasteiger partial charge in [0.15, 0.2) is 11.6 Å². The smallest absolute Gasteiger partial charge is 0.494 e. The van der Waals surface area contributed by atoms with Gasteiger partial charge in [0.2, 0.25) is 12.2 Å². The summed E-state index contributed by atoms with van der Waals surface area (Å²) in [4.78, 5) is 11.3. The number of carbonyl (C=O) groups is 1. The molecule has 2 aromatic rings. The minimum absolute atomic E-state index is 0.0375. The summed E-state index contributed by atoms with van der Waals surface area (Å²) in [5, 5.41) is 35.5. The van der Waals surface area contributed by atoms with Crippen LogP contribution in [-0.2, 0) is 20.6 Å². The van der Waals surface area contributed by atoms with Crippen molar-refractivity contribution in [2.75, 3.05) is 20.8 Å². The van der Waals surface area contributed by atoms with Crippen LogP contribution in [0.5, 0.6) is 11.6 Å². The molecule has 1 aliphatic rings. The highest BCUT2D eigenvalue weighted by Crippen LogP contribution is 2.31. The second kappa shape index (κ2) is 11.2. The van der Waals surface area contributed by atoms with Crippen molar-refractivity contribution >= 4 is 6.16 Å². The quantitative estimate of drug-likeness (QED) is 0.458. The number of ether oxygens (including phenoxy) is 5. The number of methoxy groups -OCH3 is 2. The molecule has 1 fully saturated rings. The third-order valence-electron chi connectivity index (χ3n) is 5.75. The van der Waals surface area contributed by atoms with Crippen LogP contribution in [0.2, 0.25) is 0 Å². The Morgan fingerprint density at radius 2 is 1.91 bits per heavy atom. The van der Waals surface area contributed by atoms with Crippen molar-refractivity contribution in [3.63, 3.8) is 0 Å². The summed E-state index contributed by atoms with van der Waals surface area (Å²) < 4.78 is 41.6. The average Bonchev–Trinajstić information content (AvgIpc) is 3.13. The first-order valence-electron chi connectivity index (χ1n) is 11.0. The van der Waals surface area contributed by atoms with Gasteiger partial charge in [-0.15, -0.1) is 5.10 Å². The van der Waals surface area contributed by atoms with E-state index in [-0.39, 0.29) is 24.1 Å². The number of aromatic nitrogens is 2. The van der Waals surface area contributed by atoms with Gasteiger partial charge in [-0.2, -0.15) is 0 Å². The van der Waals surface area contributed by atoms with Gasteiger partial charge in [-0.25, -0.2) is 9.18 Å². The predicted molar refractivity (Wildman–Crippen MR) is 119 cm³/mol. The van der Waals surface area contributed by atoms with Crippen LogP contribution in [0, 0.1) is 12.7 Å². The number of carbonyl (C=O) groups excluding carboxylic acids is 1. The topological polar surface area (TPSA) is 142 Å². The zero-order valence-corrected chi connectivity index (χ0v) is 20.2. The van der Waals surface area contributed by atoms with E-state index in [0.29, 0.717) is 11.1 Å². The van der Waals surface area contributed by atoms with Gasteiger partial charge in [0.05, 0.1) is 14.2 Å². The van der Waals surface area contributed by atoms with Crippen molar-refractivity contribution in [1.29, 1.82) is 0 Å². The number of hydrogen-bond donors (Lipinski definition) is 3. The Morgan fingerprint density at radius 1 is 1.20 bits per heavy atom. The van der Waals surface area contributed by atoms with E-state index in [1.165, 1.54) is 19.2 Å². The molecule has 1 unspecified atom stereocenters. The molecular formula is C23H31FN2O9. The van der Waals surface area contributed by atoms with E-state index in [1.807, 2.05) is 20.8 Å². The largest absolute Gasteiger partial charge is 0.508 e. The molecule has 0 saturated carbocycles. The molecule has 194 valence electrons. The molecule has 2 heterocycles.